The van der Waals surface area contributed by atoms with Crippen molar-refractivity contribution >= 4 is 23.9 Å². The number of hydrogen-bond donors (Lipinski definition) is 3. The number of carbonyl (C=O) groups is 4. The predicted octanol–water partition coefficient (Wildman–Crippen LogP) is 16.8. The molecule has 0 aromatic carbocycles. The number of carboxylic acid groups (broad SMARTS) is 1. The Kier molecular flexibility index (Phi) is 50.1. The van der Waals surface area contributed by atoms with Crippen LogP contribution in [0.15, 0.2) is 36.5 Å². The van der Waals surface area contributed by atoms with E-state index in [1.807, 2.05) is 0 Å². The Balaban J connectivity index is 2.61. The summed E-state index contributed by atoms with van der Waals surface area (Å²) in [4.78, 5) is 51.2. The Labute approximate surface area is 470 Å². The minimum absolute atomic E-state index is 0.0650. The molecule has 1 fully saturated rings. The second-order valence-electron chi connectivity index (χ2n) is 22.0. The Bertz CT molecular complexity index is 1480. The fourth-order valence-electron chi connectivity index (χ4n) is 9.73. The lowest BCUT2D eigenvalue weighted by molar-refractivity contribution is -0.301. The molecule has 0 aromatic rings. The molecule has 6 unspecified atom stereocenters. The number of aliphatic hydroxyl groups excluding tert-OH is 2. The molecule has 0 radical (unpaired) electrons. The number of allylic oxidation sites excluding steroid dienone is 6. The molecule has 0 saturated carbocycles. The topological polar surface area (TPSA) is 175 Å². The molecule has 0 spiro atoms. The molecule has 12 nitrogen and oxygen atoms in total. The lowest BCUT2D eigenvalue weighted by atomic mass is 9.98. The summed E-state index contributed by atoms with van der Waals surface area (Å²) in [5.41, 5.74) is 0. The fourth-order valence-corrected chi connectivity index (χ4v) is 9.73. The average molecular weight is 1090 g/mol. The van der Waals surface area contributed by atoms with Gasteiger partial charge in [0.15, 0.2) is 24.6 Å². The molecule has 0 aromatic heterocycles. The maximum Gasteiger partial charge on any atom is 0.335 e. The van der Waals surface area contributed by atoms with E-state index in [0.29, 0.717) is 19.3 Å². The lowest BCUT2D eigenvalue weighted by Crippen LogP contribution is -2.61. The van der Waals surface area contributed by atoms with Gasteiger partial charge in [0.25, 0.3) is 0 Å². The van der Waals surface area contributed by atoms with Crippen molar-refractivity contribution in [2.45, 2.75) is 340 Å². The van der Waals surface area contributed by atoms with Crippen LogP contribution in [0.3, 0.4) is 0 Å². The van der Waals surface area contributed by atoms with Gasteiger partial charge in [0.1, 0.15) is 18.8 Å². The lowest BCUT2D eigenvalue weighted by Gasteiger charge is -2.40. The molecule has 1 heterocycles. The van der Waals surface area contributed by atoms with Crippen LogP contribution >= 0.6 is 0 Å². The third kappa shape index (κ3) is 43.4. The van der Waals surface area contributed by atoms with Crippen LogP contribution in [-0.4, -0.2) is 89.2 Å². The smallest absolute Gasteiger partial charge is 0.335 e. The van der Waals surface area contributed by atoms with Gasteiger partial charge in [0.05, 0.1) is 6.61 Å². The van der Waals surface area contributed by atoms with Gasteiger partial charge in [-0.15, -0.1) is 0 Å². The molecule has 0 aliphatic carbocycles. The van der Waals surface area contributed by atoms with Gasteiger partial charge in [0.2, 0.25) is 0 Å². The van der Waals surface area contributed by atoms with Crippen molar-refractivity contribution in [3.63, 3.8) is 0 Å². The molecule has 12 heteroatoms. The molecule has 0 bridgehead atoms. The Morgan fingerprint density at radius 1 is 0.429 bits per heavy atom. The van der Waals surface area contributed by atoms with E-state index in [0.717, 1.165) is 89.9 Å². The second kappa shape index (κ2) is 53.6. The predicted molar refractivity (Wildman–Crippen MR) is 313 cm³/mol. The van der Waals surface area contributed by atoms with E-state index in [4.69, 9.17) is 23.7 Å². The maximum absolute atomic E-state index is 13.1. The minimum atomic E-state index is -1.90. The van der Waals surface area contributed by atoms with Crippen LogP contribution < -0.4 is 0 Å². The van der Waals surface area contributed by atoms with Gasteiger partial charge in [0, 0.05) is 19.3 Å². The van der Waals surface area contributed by atoms with Crippen LogP contribution in [0.25, 0.3) is 0 Å². The van der Waals surface area contributed by atoms with Crippen molar-refractivity contribution in [3.05, 3.63) is 36.5 Å². The summed E-state index contributed by atoms with van der Waals surface area (Å²) in [6, 6.07) is 0. The van der Waals surface area contributed by atoms with E-state index in [-0.39, 0.29) is 25.9 Å². The summed E-state index contributed by atoms with van der Waals surface area (Å²) >= 11 is 0. The molecule has 77 heavy (non-hydrogen) atoms. The molecule has 1 aliphatic heterocycles. The van der Waals surface area contributed by atoms with E-state index in [1.165, 1.54) is 154 Å². The number of ether oxygens (including phenoxy) is 5. The van der Waals surface area contributed by atoms with E-state index < -0.39 is 67.3 Å². The number of esters is 3. The standard InChI is InChI=1S/C65H116O12/c1-4-7-10-13-16-19-22-24-26-28-29-31-32-34-37-39-42-45-48-51-57(66)73-54-56(75-58(67)52-49-46-43-40-36-21-18-15-12-9-6-3)55-74-65-63(61(70)60(69)62(77-65)64(71)72)76-59(68)53-50-47-44-41-38-35-33-30-27-25-23-20-17-14-11-8-5-2/h15-16,18-19,24,26,56,60-63,65,69-70H,4-14,17,20-23,25,27-55H2,1-3H3,(H,71,72)/b18-15-,19-16-,26-24-. The van der Waals surface area contributed by atoms with Gasteiger partial charge in [-0.2, -0.15) is 0 Å². The molecular weight excluding hydrogens is 973 g/mol. The van der Waals surface area contributed by atoms with E-state index in [2.05, 4.69) is 57.2 Å². The summed E-state index contributed by atoms with van der Waals surface area (Å²) in [6.45, 7) is 5.96. The molecular formula is C65H116O12. The third-order valence-electron chi connectivity index (χ3n) is 14.7. The van der Waals surface area contributed by atoms with Gasteiger partial charge >= 0.3 is 23.9 Å². The van der Waals surface area contributed by atoms with Crippen LogP contribution in [0, 0.1) is 0 Å². The van der Waals surface area contributed by atoms with Crippen LogP contribution in [0.1, 0.15) is 303 Å². The summed E-state index contributed by atoms with van der Waals surface area (Å²) in [5, 5.41) is 31.5. The average Bonchev–Trinajstić information content (AvgIpc) is 3.42. The molecule has 6 atom stereocenters. The highest BCUT2D eigenvalue weighted by molar-refractivity contribution is 5.74. The first-order valence-electron chi connectivity index (χ1n) is 32.0. The number of carboxylic acids is 1. The Hall–Kier alpha value is -3.06. The number of unbranched alkanes of at least 4 members (excludes halogenated alkanes) is 35. The van der Waals surface area contributed by atoms with Crippen molar-refractivity contribution in [3.8, 4) is 0 Å². The molecule has 1 rings (SSSR count). The number of rotatable bonds is 55. The monoisotopic (exact) mass is 1090 g/mol. The summed E-state index contributed by atoms with van der Waals surface area (Å²) < 4.78 is 28.5. The van der Waals surface area contributed by atoms with Crippen LogP contribution in [0.5, 0.6) is 0 Å². The molecule has 3 N–H and O–H groups in total. The van der Waals surface area contributed by atoms with E-state index >= 15 is 0 Å². The van der Waals surface area contributed by atoms with E-state index in [9.17, 15) is 34.5 Å². The van der Waals surface area contributed by atoms with Gasteiger partial charge in [-0.05, 0) is 70.6 Å². The quantitative estimate of drug-likeness (QED) is 0.0228. The number of aliphatic carboxylic acids is 1. The van der Waals surface area contributed by atoms with Crippen LogP contribution in [0.2, 0.25) is 0 Å². The first-order valence-corrected chi connectivity index (χ1v) is 32.0. The fraction of sp³-hybridized carbons (Fsp3) is 0.846. The molecule has 448 valence electrons. The van der Waals surface area contributed by atoms with Crippen molar-refractivity contribution in [1.82, 2.24) is 0 Å². The van der Waals surface area contributed by atoms with Crippen molar-refractivity contribution < 1.29 is 58.2 Å². The Morgan fingerprint density at radius 2 is 0.792 bits per heavy atom. The van der Waals surface area contributed by atoms with Gasteiger partial charge in [-0.25, -0.2) is 4.79 Å². The second-order valence-corrected chi connectivity index (χ2v) is 22.0. The zero-order chi connectivity index (χ0) is 56.1. The maximum atomic E-state index is 13.1. The van der Waals surface area contributed by atoms with E-state index in [1.54, 1.807) is 0 Å². The highest BCUT2D eigenvalue weighted by Gasteiger charge is 2.50. The highest BCUT2D eigenvalue weighted by Crippen LogP contribution is 2.27. The third-order valence-corrected chi connectivity index (χ3v) is 14.7. The normalized spacial score (nSPS) is 18.2. The van der Waals surface area contributed by atoms with Gasteiger partial charge < -0.3 is 39.0 Å². The summed E-state index contributed by atoms with van der Waals surface area (Å²) in [7, 11) is 0. The first kappa shape index (κ1) is 72.0. The SMILES string of the molecule is CCCC/C=C\CCCCCCCC(=O)OC(COC(=O)CCCCCCCCCCC/C=C\C/C=C\CCCCC)COC1OC(C(=O)O)C(O)C(O)C1OC(=O)CCCCCCCCCCCCCCCCCCC. The van der Waals surface area contributed by atoms with Crippen LogP contribution in [0.4, 0.5) is 0 Å². The highest BCUT2D eigenvalue weighted by atomic mass is 16.7. The molecule has 1 aliphatic rings. The first-order chi connectivity index (χ1) is 37.6. The van der Waals surface area contributed by atoms with Crippen LogP contribution in [-0.2, 0) is 42.9 Å². The largest absolute Gasteiger partial charge is 0.479 e. The number of carbonyl (C=O) groups excluding carboxylic acids is 3. The zero-order valence-corrected chi connectivity index (χ0v) is 49.5. The molecule has 1 saturated heterocycles. The van der Waals surface area contributed by atoms with Gasteiger partial charge in [-0.3, -0.25) is 14.4 Å². The summed E-state index contributed by atoms with van der Waals surface area (Å²) in [5.74, 6) is -3.11. The van der Waals surface area contributed by atoms with Crippen molar-refractivity contribution in [1.29, 1.82) is 0 Å². The van der Waals surface area contributed by atoms with Crippen molar-refractivity contribution in [2.75, 3.05) is 13.2 Å². The minimum Gasteiger partial charge on any atom is -0.479 e. The summed E-state index contributed by atoms with van der Waals surface area (Å²) in [6.07, 6.45) is 51.1. The number of hydrogen-bond acceptors (Lipinski definition) is 11. The number of aliphatic hydroxyl groups is 2. The van der Waals surface area contributed by atoms with Crippen molar-refractivity contribution in [2.24, 2.45) is 0 Å². The zero-order valence-electron chi connectivity index (χ0n) is 49.5. The Morgan fingerprint density at radius 3 is 1.25 bits per heavy atom. The van der Waals surface area contributed by atoms with Gasteiger partial charge in [-0.1, -0.05) is 250 Å². The molecule has 0 amide bonds.